The van der Waals surface area contributed by atoms with Crippen molar-refractivity contribution in [1.29, 1.82) is 0 Å². The second-order valence-corrected chi connectivity index (χ2v) is 4.90. The quantitative estimate of drug-likeness (QED) is 0.894. The van der Waals surface area contributed by atoms with Crippen LogP contribution in [-0.4, -0.2) is 12.6 Å². The van der Waals surface area contributed by atoms with Crippen LogP contribution in [0.3, 0.4) is 0 Å². The van der Waals surface area contributed by atoms with Crippen molar-refractivity contribution >= 4 is 0 Å². The summed E-state index contributed by atoms with van der Waals surface area (Å²) in [6, 6.07) is 12.3. The van der Waals surface area contributed by atoms with Crippen molar-refractivity contribution < 1.29 is 9.15 Å². The molecule has 0 spiro atoms. The third-order valence-electron chi connectivity index (χ3n) is 3.45. The number of aryl methyl sites for hydroxylation is 1. The number of nitrogens with one attached hydrogen (secondary N) is 1. The van der Waals surface area contributed by atoms with E-state index in [1.807, 2.05) is 24.3 Å². The van der Waals surface area contributed by atoms with E-state index in [1.165, 1.54) is 5.56 Å². The van der Waals surface area contributed by atoms with Gasteiger partial charge >= 0.3 is 0 Å². The summed E-state index contributed by atoms with van der Waals surface area (Å²) in [5.74, 6) is 3.06. The van der Waals surface area contributed by atoms with Gasteiger partial charge in [-0.25, -0.2) is 0 Å². The molecular weight excluding hydrogens is 238 g/mol. The van der Waals surface area contributed by atoms with E-state index in [0.717, 1.165) is 43.2 Å². The second-order valence-electron chi connectivity index (χ2n) is 4.90. The van der Waals surface area contributed by atoms with E-state index in [2.05, 4.69) is 24.4 Å². The van der Waals surface area contributed by atoms with Gasteiger partial charge in [-0.1, -0.05) is 25.1 Å². The lowest BCUT2D eigenvalue weighted by molar-refractivity contribution is 0.225. The van der Waals surface area contributed by atoms with Crippen molar-refractivity contribution in [3.63, 3.8) is 0 Å². The highest BCUT2D eigenvalue weighted by Gasteiger charge is 2.21. The molecule has 3 heteroatoms. The lowest BCUT2D eigenvalue weighted by Gasteiger charge is -2.10. The third kappa shape index (κ3) is 2.82. The molecule has 2 heterocycles. The van der Waals surface area contributed by atoms with Gasteiger partial charge in [0.1, 0.15) is 23.4 Å². The van der Waals surface area contributed by atoms with Gasteiger partial charge in [0.15, 0.2) is 0 Å². The molecule has 1 aliphatic rings. The number of fused-ring (bicyclic) bond motifs is 1. The van der Waals surface area contributed by atoms with Crippen LogP contribution in [-0.2, 0) is 19.4 Å². The molecule has 1 atom stereocenters. The first-order chi connectivity index (χ1) is 9.35. The molecule has 2 aromatic rings. The van der Waals surface area contributed by atoms with Crippen LogP contribution in [0.25, 0.3) is 0 Å². The number of para-hydroxylation sites is 1. The van der Waals surface area contributed by atoms with Crippen molar-refractivity contribution in [1.82, 2.24) is 5.32 Å². The number of benzene rings is 1. The minimum atomic E-state index is 0.234. The number of hydrogen-bond acceptors (Lipinski definition) is 3. The molecule has 0 bridgehead atoms. The summed E-state index contributed by atoms with van der Waals surface area (Å²) < 4.78 is 11.5. The van der Waals surface area contributed by atoms with Crippen LogP contribution in [0.1, 0.15) is 24.0 Å². The van der Waals surface area contributed by atoms with E-state index in [4.69, 9.17) is 9.15 Å². The van der Waals surface area contributed by atoms with Gasteiger partial charge in [-0.3, -0.25) is 0 Å². The van der Waals surface area contributed by atoms with Crippen LogP contribution in [0.5, 0.6) is 5.75 Å². The van der Waals surface area contributed by atoms with Gasteiger partial charge in [0.25, 0.3) is 0 Å². The van der Waals surface area contributed by atoms with Crippen LogP contribution in [0, 0.1) is 0 Å². The maximum Gasteiger partial charge on any atom is 0.123 e. The summed E-state index contributed by atoms with van der Waals surface area (Å²) in [7, 11) is 0. The predicted molar refractivity (Wildman–Crippen MR) is 74.4 cm³/mol. The molecule has 0 aliphatic carbocycles. The minimum absolute atomic E-state index is 0.234. The molecule has 100 valence electrons. The standard InChI is InChI=1S/C16H19NO2/c1-2-13-7-8-14(18-13)10-17-11-15-9-12-5-3-4-6-16(12)19-15/h3-8,15,17H,2,9-11H2,1H3. The summed E-state index contributed by atoms with van der Waals surface area (Å²) in [4.78, 5) is 0. The highest BCUT2D eigenvalue weighted by molar-refractivity contribution is 5.37. The monoisotopic (exact) mass is 257 g/mol. The normalized spacial score (nSPS) is 17.2. The largest absolute Gasteiger partial charge is 0.488 e. The molecule has 19 heavy (non-hydrogen) atoms. The van der Waals surface area contributed by atoms with Crippen LogP contribution < -0.4 is 10.1 Å². The summed E-state index contributed by atoms with van der Waals surface area (Å²) in [6.07, 6.45) is 2.17. The Morgan fingerprint density at radius 3 is 2.79 bits per heavy atom. The van der Waals surface area contributed by atoms with Crippen molar-refractivity contribution in [2.45, 2.75) is 32.4 Å². The summed E-state index contributed by atoms with van der Waals surface area (Å²) in [6.45, 7) is 3.70. The van der Waals surface area contributed by atoms with Gasteiger partial charge in [0.05, 0.1) is 6.54 Å². The van der Waals surface area contributed by atoms with Gasteiger partial charge in [0, 0.05) is 19.4 Å². The van der Waals surface area contributed by atoms with Gasteiger partial charge in [-0.05, 0) is 23.8 Å². The maximum absolute atomic E-state index is 5.88. The SMILES string of the molecule is CCc1ccc(CNCC2Cc3ccccc3O2)o1. The molecule has 0 fully saturated rings. The van der Waals surface area contributed by atoms with Gasteiger partial charge in [-0.15, -0.1) is 0 Å². The predicted octanol–water partition coefficient (Wildman–Crippen LogP) is 2.94. The molecule has 0 saturated carbocycles. The smallest absolute Gasteiger partial charge is 0.123 e. The Labute approximate surface area is 113 Å². The van der Waals surface area contributed by atoms with E-state index in [-0.39, 0.29) is 6.10 Å². The first kappa shape index (κ1) is 12.3. The Kier molecular flexibility index (Phi) is 3.56. The zero-order valence-corrected chi connectivity index (χ0v) is 11.2. The van der Waals surface area contributed by atoms with Crippen molar-refractivity contribution in [2.24, 2.45) is 0 Å². The Morgan fingerprint density at radius 2 is 2.00 bits per heavy atom. The van der Waals surface area contributed by atoms with E-state index in [0.29, 0.717) is 0 Å². The molecule has 1 aromatic carbocycles. The van der Waals surface area contributed by atoms with E-state index >= 15 is 0 Å². The summed E-state index contributed by atoms with van der Waals surface area (Å²) in [5.41, 5.74) is 1.31. The minimum Gasteiger partial charge on any atom is -0.488 e. The van der Waals surface area contributed by atoms with Gasteiger partial charge in [0.2, 0.25) is 0 Å². The van der Waals surface area contributed by atoms with E-state index < -0.39 is 0 Å². The zero-order chi connectivity index (χ0) is 13.1. The van der Waals surface area contributed by atoms with Crippen LogP contribution >= 0.6 is 0 Å². The Hall–Kier alpha value is -1.74. The third-order valence-corrected chi connectivity index (χ3v) is 3.45. The molecule has 3 nitrogen and oxygen atoms in total. The highest BCUT2D eigenvalue weighted by atomic mass is 16.5. The number of hydrogen-bond donors (Lipinski definition) is 1. The van der Waals surface area contributed by atoms with Gasteiger partial charge in [-0.2, -0.15) is 0 Å². The Bertz CT molecular complexity index is 522. The number of rotatable bonds is 5. The van der Waals surface area contributed by atoms with E-state index in [1.54, 1.807) is 0 Å². The molecule has 0 radical (unpaired) electrons. The maximum atomic E-state index is 5.88. The fourth-order valence-electron chi connectivity index (χ4n) is 2.43. The van der Waals surface area contributed by atoms with Crippen LogP contribution in [0.4, 0.5) is 0 Å². The van der Waals surface area contributed by atoms with Gasteiger partial charge < -0.3 is 14.5 Å². The average molecular weight is 257 g/mol. The van der Waals surface area contributed by atoms with Crippen molar-refractivity contribution in [3.05, 3.63) is 53.5 Å². The first-order valence-corrected chi connectivity index (χ1v) is 6.88. The van der Waals surface area contributed by atoms with Crippen LogP contribution in [0.15, 0.2) is 40.8 Å². The topological polar surface area (TPSA) is 34.4 Å². The average Bonchev–Trinajstić information content (AvgIpc) is 3.04. The first-order valence-electron chi connectivity index (χ1n) is 6.88. The molecule has 3 rings (SSSR count). The summed E-state index contributed by atoms with van der Waals surface area (Å²) in [5, 5.41) is 3.40. The summed E-state index contributed by atoms with van der Waals surface area (Å²) >= 11 is 0. The van der Waals surface area contributed by atoms with Crippen LogP contribution in [0.2, 0.25) is 0 Å². The van der Waals surface area contributed by atoms with Crippen molar-refractivity contribution in [3.8, 4) is 5.75 Å². The fraction of sp³-hybridized carbons (Fsp3) is 0.375. The lowest BCUT2D eigenvalue weighted by Crippen LogP contribution is -2.29. The number of ether oxygens (including phenoxy) is 1. The van der Waals surface area contributed by atoms with Crippen molar-refractivity contribution in [2.75, 3.05) is 6.54 Å². The molecule has 0 saturated heterocycles. The zero-order valence-electron chi connectivity index (χ0n) is 11.2. The number of furan rings is 1. The molecule has 1 N–H and O–H groups in total. The fourth-order valence-corrected chi connectivity index (χ4v) is 2.43. The molecule has 0 amide bonds. The molecular formula is C16H19NO2. The molecule has 1 aromatic heterocycles. The highest BCUT2D eigenvalue weighted by Crippen LogP contribution is 2.27. The molecule has 1 aliphatic heterocycles. The van der Waals surface area contributed by atoms with E-state index in [9.17, 15) is 0 Å². The second kappa shape index (κ2) is 5.49. The Balaban J connectivity index is 1.47. The lowest BCUT2D eigenvalue weighted by atomic mass is 10.1. The Morgan fingerprint density at radius 1 is 1.16 bits per heavy atom. The molecule has 1 unspecified atom stereocenters.